The molecule has 0 spiro atoms. The van der Waals surface area contributed by atoms with Crippen molar-refractivity contribution >= 4 is 17.9 Å². The molecule has 0 bridgehead atoms. The quantitative estimate of drug-likeness (QED) is 0.0261. The third-order valence-corrected chi connectivity index (χ3v) is 13.3. The minimum atomic E-state index is -0.802. The van der Waals surface area contributed by atoms with Crippen molar-refractivity contribution < 1.29 is 28.6 Å². The van der Waals surface area contributed by atoms with E-state index in [1.807, 2.05) is 0 Å². The maximum absolute atomic E-state index is 12.9. The lowest BCUT2D eigenvalue weighted by atomic mass is 10.1. The van der Waals surface area contributed by atoms with E-state index in [-0.39, 0.29) is 31.1 Å². The minimum Gasteiger partial charge on any atom is -0.462 e. The number of ether oxygens (including phenoxy) is 3. The lowest BCUT2D eigenvalue weighted by Gasteiger charge is -2.18. The maximum Gasteiger partial charge on any atom is 0.306 e. The highest BCUT2D eigenvalue weighted by molar-refractivity contribution is 5.71. The molecule has 0 rings (SSSR count). The second kappa shape index (κ2) is 65.8. The van der Waals surface area contributed by atoms with Gasteiger partial charge in [0.05, 0.1) is 0 Å². The van der Waals surface area contributed by atoms with Crippen LogP contribution in [0.15, 0.2) is 146 Å². The number of unbranched alkanes of at least 4 members (excludes halogenated alkanes) is 22. The molecule has 1 unspecified atom stereocenters. The van der Waals surface area contributed by atoms with E-state index in [0.717, 1.165) is 167 Å². The molecule has 79 heavy (non-hydrogen) atoms. The fraction of sp³-hybridized carbons (Fsp3) is 0.630. The van der Waals surface area contributed by atoms with Crippen LogP contribution in [-0.2, 0) is 28.6 Å². The predicted molar refractivity (Wildman–Crippen MR) is 343 cm³/mol. The second-order valence-corrected chi connectivity index (χ2v) is 20.9. The summed E-state index contributed by atoms with van der Waals surface area (Å²) in [7, 11) is 0. The maximum atomic E-state index is 12.9. The van der Waals surface area contributed by atoms with Crippen molar-refractivity contribution in [3.05, 3.63) is 146 Å². The number of carbonyl (C=O) groups excluding carboxylic acids is 3. The van der Waals surface area contributed by atoms with Crippen LogP contribution in [0, 0.1) is 0 Å². The summed E-state index contributed by atoms with van der Waals surface area (Å²) in [6.07, 6.45) is 94.1. The Hall–Kier alpha value is -4.71. The van der Waals surface area contributed by atoms with E-state index < -0.39 is 6.10 Å². The Morgan fingerprint density at radius 2 is 0.494 bits per heavy atom. The third kappa shape index (κ3) is 64.0. The molecular weight excluding hydrogens is 973 g/mol. The molecule has 0 radical (unpaired) electrons. The first-order valence-electron chi connectivity index (χ1n) is 32.3. The van der Waals surface area contributed by atoms with Crippen LogP contribution in [0.5, 0.6) is 0 Å². The van der Waals surface area contributed by atoms with Gasteiger partial charge in [0.1, 0.15) is 13.2 Å². The van der Waals surface area contributed by atoms with E-state index in [2.05, 4.69) is 167 Å². The summed E-state index contributed by atoms with van der Waals surface area (Å²) in [6, 6.07) is 0. The monoisotopic (exact) mass is 1090 g/mol. The van der Waals surface area contributed by atoms with Gasteiger partial charge in [-0.2, -0.15) is 0 Å². The van der Waals surface area contributed by atoms with Crippen molar-refractivity contribution in [2.45, 2.75) is 284 Å². The molecule has 0 N–H and O–H groups in total. The molecule has 0 aromatic carbocycles. The summed E-state index contributed by atoms with van der Waals surface area (Å²) in [5.74, 6) is -0.930. The SMILES string of the molecule is CC/C=C\C/C=C\C/C=C\C/C=C\C/C=C\C/C=C\CCCCCCCCC(=O)OCC(COC(=O)CCCCCCC/C=C\CCCCCC)OC(=O)CCCCCCCCC/C=C\C/C=C\C/C=C\C/C=C\C/C=C\CC. The van der Waals surface area contributed by atoms with Crippen molar-refractivity contribution in [3.8, 4) is 0 Å². The van der Waals surface area contributed by atoms with Gasteiger partial charge in [-0.05, 0) is 141 Å². The Kier molecular flexibility index (Phi) is 61.9. The molecule has 0 fully saturated rings. The van der Waals surface area contributed by atoms with Gasteiger partial charge in [-0.15, -0.1) is 0 Å². The summed E-state index contributed by atoms with van der Waals surface area (Å²) in [5, 5.41) is 0. The molecule has 1 atom stereocenters. The second-order valence-electron chi connectivity index (χ2n) is 20.9. The molecule has 0 aliphatic rings. The number of rotatable bonds is 57. The first-order valence-corrected chi connectivity index (χ1v) is 32.3. The largest absolute Gasteiger partial charge is 0.462 e. The predicted octanol–water partition coefficient (Wildman–Crippen LogP) is 22.3. The van der Waals surface area contributed by atoms with Gasteiger partial charge in [0.25, 0.3) is 0 Å². The fourth-order valence-corrected chi connectivity index (χ4v) is 8.53. The molecule has 446 valence electrons. The molecule has 0 heterocycles. The van der Waals surface area contributed by atoms with Gasteiger partial charge in [-0.1, -0.05) is 263 Å². The zero-order valence-corrected chi connectivity index (χ0v) is 51.1. The van der Waals surface area contributed by atoms with Crippen LogP contribution >= 0.6 is 0 Å². The van der Waals surface area contributed by atoms with Gasteiger partial charge in [0.2, 0.25) is 0 Å². The van der Waals surface area contributed by atoms with Gasteiger partial charge in [0, 0.05) is 19.3 Å². The molecule has 0 aliphatic heterocycles. The van der Waals surface area contributed by atoms with Crippen LogP contribution in [0.25, 0.3) is 0 Å². The lowest BCUT2D eigenvalue weighted by molar-refractivity contribution is -0.167. The molecule has 0 saturated carbocycles. The van der Waals surface area contributed by atoms with Crippen LogP contribution in [0.1, 0.15) is 278 Å². The van der Waals surface area contributed by atoms with E-state index in [0.29, 0.717) is 19.3 Å². The third-order valence-electron chi connectivity index (χ3n) is 13.3. The van der Waals surface area contributed by atoms with Crippen LogP contribution < -0.4 is 0 Å². The number of hydrogen-bond donors (Lipinski definition) is 0. The van der Waals surface area contributed by atoms with E-state index in [1.165, 1.54) is 70.6 Å². The average Bonchev–Trinajstić information content (AvgIpc) is 3.45. The van der Waals surface area contributed by atoms with Gasteiger partial charge in [-0.25, -0.2) is 0 Å². The first-order chi connectivity index (χ1) is 39.0. The topological polar surface area (TPSA) is 78.9 Å². The average molecular weight is 1090 g/mol. The van der Waals surface area contributed by atoms with Crippen molar-refractivity contribution in [2.75, 3.05) is 13.2 Å². The fourth-order valence-electron chi connectivity index (χ4n) is 8.53. The van der Waals surface area contributed by atoms with Crippen LogP contribution in [0.3, 0.4) is 0 Å². The van der Waals surface area contributed by atoms with Gasteiger partial charge in [-0.3, -0.25) is 14.4 Å². The standard InChI is InChI=1S/C73H118O6/c1-4-7-10-13-16-19-22-25-27-29-31-33-35-36-38-39-41-43-45-48-51-54-57-60-63-66-72(75)78-69-70(68-77-71(74)65-62-59-56-53-50-47-24-21-18-15-12-9-6-3)79-73(76)67-64-61-58-55-52-49-46-44-42-40-37-34-32-30-28-26-23-20-17-14-11-8-5-2/h7-8,10-11,16-17,19-21,24-28,31-34,36,38,40-43,70H,4-6,9,12-15,18,22-23,29-30,35,37,39,44-69H2,1-3H3/b10-7-,11-8-,19-16-,20-17-,24-21-,27-25-,28-26-,33-31-,34-32-,38-36-,42-40-,43-41-. The van der Waals surface area contributed by atoms with Crippen LogP contribution in [0.2, 0.25) is 0 Å². The highest BCUT2D eigenvalue weighted by atomic mass is 16.6. The first kappa shape index (κ1) is 74.3. The summed E-state index contributed by atoms with van der Waals surface area (Å²) >= 11 is 0. The number of esters is 3. The molecular formula is C73H118O6. The smallest absolute Gasteiger partial charge is 0.306 e. The Morgan fingerprint density at radius 1 is 0.266 bits per heavy atom. The Morgan fingerprint density at radius 3 is 0.785 bits per heavy atom. The van der Waals surface area contributed by atoms with Crippen molar-refractivity contribution in [3.63, 3.8) is 0 Å². The number of carbonyl (C=O) groups is 3. The molecule has 6 heteroatoms. The molecule has 0 aliphatic carbocycles. The van der Waals surface area contributed by atoms with Gasteiger partial charge < -0.3 is 14.2 Å². The molecule has 6 nitrogen and oxygen atoms in total. The van der Waals surface area contributed by atoms with Crippen molar-refractivity contribution in [1.29, 1.82) is 0 Å². The van der Waals surface area contributed by atoms with E-state index in [4.69, 9.17) is 14.2 Å². The van der Waals surface area contributed by atoms with E-state index in [1.54, 1.807) is 0 Å². The Balaban J connectivity index is 4.43. The lowest BCUT2D eigenvalue weighted by Crippen LogP contribution is -2.30. The number of hydrogen-bond acceptors (Lipinski definition) is 6. The number of allylic oxidation sites excluding steroid dienone is 24. The molecule has 0 saturated heterocycles. The summed E-state index contributed by atoms with van der Waals surface area (Å²) in [5.41, 5.74) is 0. The Labute approximate surface area is 487 Å². The van der Waals surface area contributed by atoms with E-state index >= 15 is 0 Å². The molecule has 0 aromatic rings. The summed E-state index contributed by atoms with van der Waals surface area (Å²) in [6.45, 7) is 6.37. The normalized spacial score (nSPS) is 13.1. The molecule has 0 aromatic heterocycles. The zero-order chi connectivity index (χ0) is 57.1. The summed E-state index contributed by atoms with van der Waals surface area (Å²) in [4.78, 5) is 38.3. The van der Waals surface area contributed by atoms with Crippen LogP contribution in [0.4, 0.5) is 0 Å². The van der Waals surface area contributed by atoms with E-state index in [9.17, 15) is 14.4 Å². The van der Waals surface area contributed by atoms with Crippen molar-refractivity contribution in [2.24, 2.45) is 0 Å². The summed E-state index contributed by atoms with van der Waals surface area (Å²) < 4.78 is 16.9. The van der Waals surface area contributed by atoms with Crippen LogP contribution in [-0.4, -0.2) is 37.2 Å². The highest BCUT2D eigenvalue weighted by Gasteiger charge is 2.19. The minimum absolute atomic E-state index is 0.0964. The molecule has 0 amide bonds. The highest BCUT2D eigenvalue weighted by Crippen LogP contribution is 2.15. The van der Waals surface area contributed by atoms with Gasteiger partial charge >= 0.3 is 17.9 Å². The zero-order valence-electron chi connectivity index (χ0n) is 51.1. The van der Waals surface area contributed by atoms with Crippen molar-refractivity contribution in [1.82, 2.24) is 0 Å². The Bertz CT molecular complexity index is 1730. The van der Waals surface area contributed by atoms with Gasteiger partial charge in [0.15, 0.2) is 6.10 Å².